The molecule has 22 heavy (non-hydrogen) atoms. The molecule has 0 radical (unpaired) electrons. The number of hydrogen-bond donors (Lipinski definition) is 1. The Morgan fingerprint density at radius 1 is 1.23 bits per heavy atom. The van der Waals surface area contributed by atoms with Gasteiger partial charge in [0.2, 0.25) is 5.43 Å². The van der Waals surface area contributed by atoms with Crippen molar-refractivity contribution < 1.29 is 4.42 Å². The van der Waals surface area contributed by atoms with E-state index in [-0.39, 0.29) is 5.43 Å². The number of hydrogen-bond acceptors (Lipinski definition) is 3. The van der Waals surface area contributed by atoms with Crippen molar-refractivity contribution >= 4 is 56.2 Å². The fourth-order valence-electron chi connectivity index (χ4n) is 2.46. The predicted molar refractivity (Wildman–Crippen MR) is 95.3 cm³/mol. The van der Waals surface area contributed by atoms with Crippen LogP contribution in [-0.2, 0) is 0 Å². The lowest BCUT2D eigenvalue weighted by Gasteiger charge is -2.07. The Labute approximate surface area is 143 Å². The minimum Gasteiger partial charge on any atom is -0.452 e. The van der Waals surface area contributed by atoms with Crippen LogP contribution in [0.4, 0.5) is 0 Å². The molecule has 4 nitrogen and oxygen atoms in total. The molecule has 4 aromatic rings. The van der Waals surface area contributed by atoms with E-state index in [0.29, 0.717) is 36.4 Å². The van der Waals surface area contributed by atoms with Crippen LogP contribution in [0.5, 0.6) is 0 Å². The van der Waals surface area contributed by atoms with Crippen molar-refractivity contribution in [3.05, 3.63) is 61.5 Å². The number of halogens is 2. The minimum atomic E-state index is -0.0981. The number of fused-ring (bicyclic) bond motifs is 3. The molecule has 6 heteroatoms. The highest BCUT2D eigenvalue weighted by molar-refractivity contribution is 14.1. The molecule has 1 N–H and O–H groups in total. The molecule has 0 aliphatic rings. The first-order valence-electron chi connectivity index (χ1n) is 6.50. The normalized spacial score (nSPS) is 11.4. The summed E-state index contributed by atoms with van der Waals surface area (Å²) in [6.45, 7) is 0. The fourth-order valence-corrected chi connectivity index (χ4v) is 3.43. The van der Waals surface area contributed by atoms with E-state index >= 15 is 0 Å². The molecule has 4 rings (SSSR count). The van der Waals surface area contributed by atoms with Crippen molar-refractivity contribution in [2.24, 2.45) is 0 Å². The Balaban J connectivity index is 2.20. The fraction of sp³-hybridized carbons (Fsp3) is 0. The molecule has 0 saturated carbocycles. The lowest BCUT2D eigenvalue weighted by atomic mass is 10.1. The van der Waals surface area contributed by atoms with Crippen molar-refractivity contribution in [2.45, 2.75) is 0 Å². The highest BCUT2D eigenvalue weighted by atomic mass is 127. The van der Waals surface area contributed by atoms with Crippen LogP contribution in [0.2, 0.25) is 5.02 Å². The van der Waals surface area contributed by atoms with Gasteiger partial charge in [0.15, 0.2) is 11.3 Å². The lowest BCUT2D eigenvalue weighted by Crippen LogP contribution is -2.07. The molecule has 0 unspecified atom stereocenters. The highest BCUT2D eigenvalue weighted by Gasteiger charge is 2.18. The van der Waals surface area contributed by atoms with E-state index in [9.17, 15) is 4.79 Å². The van der Waals surface area contributed by atoms with E-state index in [1.807, 2.05) is 52.9 Å². The Morgan fingerprint density at radius 3 is 2.77 bits per heavy atom. The number of aromatic amines is 1. The van der Waals surface area contributed by atoms with Crippen molar-refractivity contribution in [3.63, 3.8) is 0 Å². The summed E-state index contributed by atoms with van der Waals surface area (Å²) >= 11 is 8.21. The molecule has 0 aliphatic heterocycles. The maximum absolute atomic E-state index is 12.7. The van der Waals surface area contributed by atoms with E-state index in [2.05, 4.69) is 9.97 Å². The molecular weight excluding hydrogens is 415 g/mol. The number of rotatable bonds is 1. The maximum atomic E-state index is 12.7. The molecule has 2 aromatic heterocycles. The summed E-state index contributed by atoms with van der Waals surface area (Å²) in [5, 5.41) is 0.880. The number of nitrogens with zero attached hydrogens (tertiary/aromatic N) is 1. The predicted octanol–water partition coefficient (Wildman–Crippen LogP) is 4.59. The van der Waals surface area contributed by atoms with Crippen LogP contribution in [0.1, 0.15) is 0 Å². The molecule has 0 atom stereocenters. The summed E-state index contributed by atoms with van der Waals surface area (Å²) in [5.41, 5.74) is 2.46. The third kappa shape index (κ3) is 1.96. The van der Waals surface area contributed by atoms with E-state index in [1.165, 1.54) is 6.33 Å². The zero-order valence-electron chi connectivity index (χ0n) is 11.1. The topological polar surface area (TPSA) is 58.9 Å². The van der Waals surface area contributed by atoms with Crippen molar-refractivity contribution in [1.29, 1.82) is 0 Å². The third-order valence-corrected chi connectivity index (χ3v) is 4.76. The Kier molecular flexibility index (Phi) is 3.19. The number of imidazole rings is 1. The second-order valence-electron chi connectivity index (χ2n) is 4.80. The molecule has 0 bridgehead atoms. The van der Waals surface area contributed by atoms with Gasteiger partial charge >= 0.3 is 0 Å². The molecular formula is C16H8ClIN2O2. The van der Waals surface area contributed by atoms with Crippen molar-refractivity contribution in [1.82, 2.24) is 9.97 Å². The average molecular weight is 423 g/mol. The molecule has 108 valence electrons. The molecule has 0 aliphatic carbocycles. The standard InChI is InChI=1S/C16H8ClIN2O2/c17-10-6-9-14(21)11(18)15(8-4-2-1-3-5-8)22-16(9)13-12(10)19-7-20-13/h1-7H,(H,19,20). The second kappa shape index (κ2) is 5.10. The van der Waals surface area contributed by atoms with Gasteiger partial charge in [-0.25, -0.2) is 4.98 Å². The summed E-state index contributed by atoms with van der Waals surface area (Å²) in [6.07, 6.45) is 1.54. The van der Waals surface area contributed by atoms with Gasteiger partial charge in [-0.15, -0.1) is 0 Å². The zero-order chi connectivity index (χ0) is 15.3. The molecule has 2 aromatic carbocycles. The SMILES string of the molecule is O=c1c(I)c(-c2ccccc2)oc2c1cc(Cl)c1nc[nH]c12. The van der Waals surface area contributed by atoms with Crippen LogP contribution in [0.3, 0.4) is 0 Å². The zero-order valence-corrected chi connectivity index (χ0v) is 14.0. The summed E-state index contributed by atoms with van der Waals surface area (Å²) in [5.74, 6) is 0.553. The number of aromatic nitrogens is 2. The van der Waals surface area contributed by atoms with Crippen LogP contribution in [0.15, 0.2) is 51.9 Å². The van der Waals surface area contributed by atoms with Gasteiger partial charge in [0.05, 0.1) is 16.7 Å². The first-order chi connectivity index (χ1) is 10.7. The van der Waals surface area contributed by atoms with Gasteiger partial charge in [-0.05, 0) is 28.7 Å². The van der Waals surface area contributed by atoms with E-state index in [1.54, 1.807) is 6.07 Å². The summed E-state index contributed by atoms with van der Waals surface area (Å²) in [4.78, 5) is 19.8. The van der Waals surface area contributed by atoms with Crippen LogP contribution in [-0.4, -0.2) is 9.97 Å². The summed E-state index contributed by atoms with van der Waals surface area (Å²) in [6, 6.07) is 11.2. The molecule has 0 saturated heterocycles. The van der Waals surface area contributed by atoms with Crippen LogP contribution in [0.25, 0.3) is 33.3 Å². The third-order valence-electron chi connectivity index (χ3n) is 3.49. The minimum absolute atomic E-state index is 0.0981. The lowest BCUT2D eigenvalue weighted by molar-refractivity contribution is 0.618. The highest BCUT2D eigenvalue weighted by Crippen LogP contribution is 2.32. The number of H-pyrrole nitrogens is 1. The number of benzene rings is 2. The smallest absolute Gasteiger partial charge is 0.206 e. The van der Waals surface area contributed by atoms with Gasteiger partial charge < -0.3 is 9.40 Å². The van der Waals surface area contributed by atoms with Crippen molar-refractivity contribution in [3.8, 4) is 11.3 Å². The van der Waals surface area contributed by atoms with Gasteiger partial charge in [0.1, 0.15) is 14.6 Å². The van der Waals surface area contributed by atoms with E-state index < -0.39 is 0 Å². The van der Waals surface area contributed by atoms with Crippen molar-refractivity contribution in [2.75, 3.05) is 0 Å². The van der Waals surface area contributed by atoms with Crippen LogP contribution < -0.4 is 5.43 Å². The first kappa shape index (κ1) is 13.8. The number of nitrogens with one attached hydrogen (secondary N) is 1. The second-order valence-corrected chi connectivity index (χ2v) is 6.29. The van der Waals surface area contributed by atoms with Gasteiger partial charge in [-0.3, -0.25) is 4.79 Å². The van der Waals surface area contributed by atoms with E-state index in [4.69, 9.17) is 16.0 Å². The largest absolute Gasteiger partial charge is 0.452 e. The monoisotopic (exact) mass is 422 g/mol. The molecule has 0 spiro atoms. The van der Waals surface area contributed by atoms with Gasteiger partial charge in [0.25, 0.3) is 0 Å². The summed E-state index contributed by atoms with van der Waals surface area (Å²) in [7, 11) is 0. The van der Waals surface area contributed by atoms with Gasteiger partial charge in [-0.2, -0.15) is 0 Å². The van der Waals surface area contributed by atoms with E-state index in [0.717, 1.165) is 5.56 Å². The first-order valence-corrected chi connectivity index (χ1v) is 7.96. The Bertz CT molecular complexity index is 1070. The van der Waals surface area contributed by atoms with Crippen LogP contribution in [0, 0.1) is 3.57 Å². The molecule has 0 fully saturated rings. The quantitative estimate of drug-likeness (QED) is 0.456. The maximum Gasteiger partial charge on any atom is 0.206 e. The summed E-state index contributed by atoms with van der Waals surface area (Å²) < 4.78 is 6.58. The van der Waals surface area contributed by atoms with Gasteiger partial charge in [-0.1, -0.05) is 41.9 Å². The Morgan fingerprint density at radius 2 is 2.00 bits per heavy atom. The average Bonchev–Trinajstić information content (AvgIpc) is 3.03. The molecule has 0 amide bonds. The van der Waals surface area contributed by atoms with Gasteiger partial charge in [0, 0.05) is 5.56 Å². The van der Waals surface area contributed by atoms with Crippen LogP contribution >= 0.6 is 34.2 Å². The molecule has 2 heterocycles. The Hall–Kier alpha value is -1.86.